The Hall–Kier alpha value is -5.57. The number of rotatable bonds is 12. The Morgan fingerprint density at radius 1 is 0.604 bits per heavy atom. The molecule has 0 aliphatic carbocycles. The zero-order valence-corrected chi connectivity index (χ0v) is 28.0. The van der Waals surface area contributed by atoms with Gasteiger partial charge >= 0.3 is 0 Å². The van der Waals surface area contributed by atoms with E-state index in [1.54, 1.807) is 40.8 Å². The molecule has 0 bridgehead atoms. The molecule has 2 unspecified atom stereocenters. The van der Waals surface area contributed by atoms with Crippen LogP contribution in [0, 0.1) is 13.8 Å². The van der Waals surface area contributed by atoms with Crippen molar-refractivity contribution >= 4 is 27.6 Å². The molecule has 0 amide bonds. The van der Waals surface area contributed by atoms with E-state index in [9.17, 15) is 0 Å². The molecule has 0 aliphatic rings. The Bertz CT molecular complexity index is 1970. The molecule has 9 nitrogen and oxygen atoms in total. The second kappa shape index (κ2) is 14.0. The highest BCUT2D eigenvalue weighted by Gasteiger charge is 2.33. The fraction of sp³-hybridized carbons (Fsp3) is 0.256. The first-order valence-electron chi connectivity index (χ1n) is 15.7. The highest BCUT2D eigenvalue weighted by molar-refractivity contribution is 5.95. The van der Waals surface area contributed by atoms with Crippen molar-refractivity contribution < 1.29 is 23.7 Å². The molecule has 244 valence electrons. The molecule has 0 radical (unpaired) electrons. The number of benzene rings is 2. The summed E-state index contributed by atoms with van der Waals surface area (Å²) in [4.78, 5) is 34.2. The van der Waals surface area contributed by atoms with Crippen molar-refractivity contribution in [2.75, 3.05) is 28.4 Å². The number of methoxy groups -OCH3 is 4. The van der Waals surface area contributed by atoms with Gasteiger partial charge in [0.2, 0.25) is 0 Å². The first-order chi connectivity index (χ1) is 23.3. The second-order valence-corrected chi connectivity index (χ2v) is 11.7. The molecule has 4 aromatic heterocycles. The molecule has 0 fully saturated rings. The molecule has 2 atom stereocenters. The van der Waals surface area contributed by atoms with Crippen LogP contribution in [0.1, 0.15) is 45.7 Å². The fourth-order valence-corrected chi connectivity index (χ4v) is 6.31. The number of carbonyl (C=O) groups is 1. The minimum Gasteiger partial charge on any atom is -0.497 e. The molecule has 6 rings (SSSR count). The molecule has 9 heteroatoms. The summed E-state index contributed by atoms with van der Waals surface area (Å²) in [5.74, 6) is 1.28. The quantitative estimate of drug-likeness (QED) is 0.138. The lowest BCUT2D eigenvalue weighted by molar-refractivity contribution is -0.122. The molecule has 4 heterocycles. The fourth-order valence-electron chi connectivity index (χ4n) is 6.31. The van der Waals surface area contributed by atoms with Crippen LogP contribution in [-0.2, 0) is 17.6 Å². The third kappa shape index (κ3) is 6.49. The Morgan fingerprint density at radius 3 is 1.42 bits per heavy atom. The predicted octanol–water partition coefficient (Wildman–Crippen LogP) is 7.15. The Kier molecular flexibility index (Phi) is 9.48. The largest absolute Gasteiger partial charge is 0.497 e. The summed E-state index contributed by atoms with van der Waals surface area (Å²) in [6.07, 6.45) is 4.26. The Labute approximate surface area is 279 Å². The van der Waals surface area contributed by atoms with E-state index in [-0.39, 0.29) is 5.78 Å². The third-order valence-corrected chi connectivity index (χ3v) is 8.73. The van der Waals surface area contributed by atoms with Gasteiger partial charge in [0.25, 0.3) is 0 Å². The summed E-state index contributed by atoms with van der Waals surface area (Å²) in [7, 11) is 6.46. The van der Waals surface area contributed by atoms with Gasteiger partial charge in [-0.05, 0) is 86.3 Å². The molecule has 2 aromatic carbocycles. The number of aromatic nitrogens is 4. The number of Topliss-reactive ketones (excluding diaryl/α,β-unsaturated/α-hetero) is 1. The van der Waals surface area contributed by atoms with Crippen molar-refractivity contribution in [3.05, 3.63) is 119 Å². The minimum atomic E-state index is -0.600. The van der Waals surface area contributed by atoms with Crippen molar-refractivity contribution in [3.63, 3.8) is 0 Å². The van der Waals surface area contributed by atoms with Crippen LogP contribution in [0.2, 0.25) is 0 Å². The van der Waals surface area contributed by atoms with E-state index in [1.165, 1.54) is 0 Å². The van der Waals surface area contributed by atoms with Crippen molar-refractivity contribution in [1.29, 1.82) is 0 Å². The first kappa shape index (κ1) is 32.4. The smallest absolute Gasteiger partial charge is 0.151 e. The summed E-state index contributed by atoms with van der Waals surface area (Å²) in [6, 6.07) is 23.0. The Balaban J connectivity index is 1.51. The number of ketones is 1. The topological polar surface area (TPSA) is 106 Å². The number of fused-ring (bicyclic) bond motifs is 2. The standard InChI is InChI=1S/C39H38N4O5/c1-23-9-7-11-33(42-23)31(17-25-13-15-40-37-29(25)19-27(45-3)21-35(37)47-5)39(44)32(34-12-8-10-24(2)43-34)18-26-14-16-41-38-30(26)20-28(46-4)22-36(38)48-6/h7-16,19-22,31-32H,17-18H2,1-6H3. The normalized spacial score (nSPS) is 12.5. The molecule has 0 aliphatic heterocycles. The molecular weight excluding hydrogens is 604 g/mol. The van der Waals surface area contributed by atoms with E-state index in [0.29, 0.717) is 58.3 Å². The highest BCUT2D eigenvalue weighted by Crippen LogP contribution is 2.38. The third-order valence-electron chi connectivity index (χ3n) is 8.73. The first-order valence-corrected chi connectivity index (χ1v) is 15.7. The zero-order chi connectivity index (χ0) is 33.8. The lowest BCUT2D eigenvalue weighted by atomic mass is 9.80. The van der Waals surface area contributed by atoms with E-state index < -0.39 is 11.8 Å². The average molecular weight is 643 g/mol. The number of nitrogens with zero attached hydrogens (tertiary/aromatic N) is 4. The zero-order valence-electron chi connectivity index (χ0n) is 28.0. The number of carbonyl (C=O) groups excluding carboxylic acids is 1. The lowest BCUT2D eigenvalue weighted by Gasteiger charge is -2.24. The molecule has 0 N–H and O–H groups in total. The number of hydrogen-bond donors (Lipinski definition) is 0. The van der Waals surface area contributed by atoms with Crippen molar-refractivity contribution in [3.8, 4) is 23.0 Å². The second-order valence-electron chi connectivity index (χ2n) is 11.7. The van der Waals surface area contributed by atoms with Crippen LogP contribution in [0.3, 0.4) is 0 Å². The molecule has 0 spiro atoms. The molecular formula is C39H38N4O5. The predicted molar refractivity (Wildman–Crippen MR) is 186 cm³/mol. The van der Waals surface area contributed by atoms with Gasteiger partial charge in [0.1, 0.15) is 34.0 Å². The van der Waals surface area contributed by atoms with E-state index in [2.05, 4.69) is 9.97 Å². The number of aryl methyl sites for hydroxylation is 2. The van der Waals surface area contributed by atoms with Crippen LogP contribution in [0.4, 0.5) is 0 Å². The molecule has 48 heavy (non-hydrogen) atoms. The SMILES string of the molecule is COc1cc(OC)c2nccc(CC(C(=O)C(Cc3ccnc4c(OC)cc(OC)cc34)c3cccc(C)n3)c3cccc(C)n3)c2c1. The number of pyridine rings is 4. The van der Waals surface area contributed by atoms with Crippen molar-refractivity contribution in [2.24, 2.45) is 0 Å². The average Bonchev–Trinajstić information content (AvgIpc) is 3.11. The van der Waals surface area contributed by atoms with E-state index in [4.69, 9.17) is 28.9 Å². The van der Waals surface area contributed by atoms with E-state index in [1.807, 2.05) is 86.6 Å². The summed E-state index contributed by atoms with van der Waals surface area (Å²) in [5.41, 5.74) is 6.30. The Morgan fingerprint density at radius 2 is 1.04 bits per heavy atom. The highest BCUT2D eigenvalue weighted by atomic mass is 16.5. The molecule has 0 saturated heterocycles. The number of hydrogen-bond acceptors (Lipinski definition) is 9. The minimum absolute atomic E-state index is 0.00541. The molecule has 6 aromatic rings. The van der Waals surface area contributed by atoms with Crippen LogP contribution >= 0.6 is 0 Å². The van der Waals surface area contributed by atoms with Gasteiger partial charge < -0.3 is 18.9 Å². The summed E-state index contributed by atoms with van der Waals surface area (Å²) < 4.78 is 22.5. The summed E-state index contributed by atoms with van der Waals surface area (Å²) in [6.45, 7) is 3.87. The van der Waals surface area contributed by atoms with Gasteiger partial charge in [-0.3, -0.25) is 24.7 Å². The van der Waals surface area contributed by atoms with Crippen LogP contribution in [0.5, 0.6) is 23.0 Å². The summed E-state index contributed by atoms with van der Waals surface area (Å²) in [5, 5.41) is 1.70. The van der Waals surface area contributed by atoms with Gasteiger partial charge in [0.05, 0.1) is 51.7 Å². The van der Waals surface area contributed by atoms with Gasteiger partial charge in [0.15, 0.2) is 5.78 Å². The maximum Gasteiger partial charge on any atom is 0.151 e. The number of ether oxygens (including phenoxy) is 4. The van der Waals surface area contributed by atoms with Gasteiger partial charge in [-0.15, -0.1) is 0 Å². The van der Waals surface area contributed by atoms with Gasteiger partial charge in [-0.2, -0.15) is 0 Å². The van der Waals surface area contributed by atoms with Crippen molar-refractivity contribution in [2.45, 2.75) is 38.5 Å². The van der Waals surface area contributed by atoms with Gasteiger partial charge in [-0.25, -0.2) is 0 Å². The van der Waals surface area contributed by atoms with Gasteiger partial charge in [0, 0.05) is 46.7 Å². The van der Waals surface area contributed by atoms with Crippen LogP contribution in [0.25, 0.3) is 21.8 Å². The summed E-state index contributed by atoms with van der Waals surface area (Å²) >= 11 is 0. The monoisotopic (exact) mass is 642 g/mol. The van der Waals surface area contributed by atoms with E-state index in [0.717, 1.165) is 33.3 Å². The van der Waals surface area contributed by atoms with Crippen LogP contribution < -0.4 is 18.9 Å². The maximum absolute atomic E-state index is 15.2. The van der Waals surface area contributed by atoms with Crippen LogP contribution in [0.15, 0.2) is 85.2 Å². The maximum atomic E-state index is 15.2. The van der Waals surface area contributed by atoms with Gasteiger partial charge in [-0.1, -0.05) is 12.1 Å². The van der Waals surface area contributed by atoms with Crippen molar-refractivity contribution in [1.82, 2.24) is 19.9 Å². The lowest BCUT2D eigenvalue weighted by Crippen LogP contribution is -2.26. The van der Waals surface area contributed by atoms with Crippen LogP contribution in [-0.4, -0.2) is 54.2 Å². The van der Waals surface area contributed by atoms with E-state index >= 15 is 4.79 Å². The molecule has 0 saturated carbocycles.